The SMILES string of the molecule is CCCC[C@H](O)[C@@H](O)Cc1cccc(OC)c1. The van der Waals surface area contributed by atoms with Gasteiger partial charge in [-0.3, -0.25) is 0 Å². The van der Waals surface area contributed by atoms with Gasteiger partial charge in [0.25, 0.3) is 0 Å². The zero-order chi connectivity index (χ0) is 12.7. The number of unbranched alkanes of at least 4 members (excludes halogenated alkanes) is 1. The molecule has 1 aromatic carbocycles. The van der Waals surface area contributed by atoms with Crippen LogP contribution in [0.25, 0.3) is 0 Å². The molecule has 0 unspecified atom stereocenters. The second-order valence-corrected chi connectivity index (χ2v) is 4.33. The van der Waals surface area contributed by atoms with E-state index in [4.69, 9.17) is 4.74 Å². The van der Waals surface area contributed by atoms with Crippen molar-refractivity contribution in [2.45, 2.75) is 44.8 Å². The van der Waals surface area contributed by atoms with Crippen LogP contribution in [0.1, 0.15) is 31.7 Å². The first-order valence-electron chi connectivity index (χ1n) is 6.16. The fourth-order valence-corrected chi connectivity index (χ4v) is 1.78. The molecule has 2 atom stereocenters. The van der Waals surface area contributed by atoms with Gasteiger partial charge in [-0.1, -0.05) is 31.9 Å². The average molecular weight is 238 g/mol. The molecule has 3 heteroatoms. The Morgan fingerprint density at radius 3 is 2.65 bits per heavy atom. The lowest BCUT2D eigenvalue weighted by molar-refractivity contribution is 0.0140. The third-order valence-electron chi connectivity index (χ3n) is 2.88. The van der Waals surface area contributed by atoms with Crippen LogP contribution >= 0.6 is 0 Å². The number of benzene rings is 1. The Bertz CT molecular complexity index is 325. The minimum atomic E-state index is -0.700. The average Bonchev–Trinajstić information content (AvgIpc) is 2.36. The summed E-state index contributed by atoms with van der Waals surface area (Å²) in [6.07, 6.45) is 1.75. The van der Waals surface area contributed by atoms with Crippen LogP contribution in [0.5, 0.6) is 5.75 Å². The molecule has 0 spiro atoms. The van der Waals surface area contributed by atoms with E-state index in [1.807, 2.05) is 24.3 Å². The number of aliphatic hydroxyl groups is 2. The molecule has 17 heavy (non-hydrogen) atoms. The largest absolute Gasteiger partial charge is 0.497 e. The summed E-state index contributed by atoms with van der Waals surface area (Å²) in [5.74, 6) is 0.776. The van der Waals surface area contributed by atoms with Crippen LogP contribution < -0.4 is 4.74 Å². The van der Waals surface area contributed by atoms with Crippen LogP contribution in [0.4, 0.5) is 0 Å². The number of rotatable bonds is 7. The van der Waals surface area contributed by atoms with Gasteiger partial charge in [-0.05, 0) is 24.1 Å². The standard InChI is InChI=1S/C14H22O3/c1-3-4-8-13(15)14(16)10-11-6-5-7-12(9-11)17-2/h5-7,9,13-16H,3-4,8,10H2,1-2H3/t13-,14-/m0/s1. The van der Waals surface area contributed by atoms with E-state index in [1.165, 1.54) is 0 Å². The molecule has 1 rings (SSSR count). The van der Waals surface area contributed by atoms with Crippen molar-refractivity contribution in [3.63, 3.8) is 0 Å². The normalized spacial score (nSPS) is 14.4. The van der Waals surface area contributed by atoms with E-state index >= 15 is 0 Å². The minimum absolute atomic E-state index is 0.460. The number of hydrogen-bond donors (Lipinski definition) is 2. The van der Waals surface area contributed by atoms with Gasteiger partial charge in [-0.15, -0.1) is 0 Å². The quantitative estimate of drug-likeness (QED) is 0.765. The lowest BCUT2D eigenvalue weighted by Crippen LogP contribution is -2.27. The van der Waals surface area contributed by atoms with E-state index < -0.39 is 12.2 Å². The molecule has 0 bridgehead atoms. The first-order chi connectivity index (χ1) is 8.17. The lowest BCUT2D eigenvalue weighted by Gasteiger charge is -2.17. The van der Waals surface area contributed by atoms with Crippen molar-refractivity contribution in [3.8, 4) is 5.75 Å². The fourth-order valence-electron chi connectivity index (χ4n) is 1.78. The minimum Gasteiger partial charge on any atom is -0.497 e. The molecule has 0 aliphatic carbocycles. The van der Waals surface area contributed by atoms with Crippen LogP contribution in [0.2, 0.25) is 0 Å². The van der Waals surface area contributed by atoms with Gasteiger partial charge in [-0.2, -0.15) is 0 Å². The molecule has 1 aromatic rings. The van der Waals surface area contributed by atoms with E-state index in [9.17, 15) is 10.2 Å². The van der Waals surface area contributed by atoms with Gasteiger partial charge in [0.05, 0.1) is 19.3 Å². The van der Waals surface area contributed by atoms with E-state index in [2.05, 4.69) is 6.92 Å². The molecular weight excluding hydrogens is 216 g/mol. The maximum atomic E-state index is 9.87. The maximum absolute atomic E-state index is 9.87. The molecule has 0 radical (unpaired) electrons. The molecule has 0 aromatic heterocycles. The van der Waals surface area contributed by atoms with Crippen molar-refractivity contribution in [2.75, 3.05) is 7.11 Å². The Hall–Kier alpha value is -1.06. The molecule has 0 saturated heterocycles. The number of methoxy groups -OCH3 is 1. The highest BCUT2D eigenvalue weighted by Gasteiger charge is 2.16. The summed E-state index contributed by atoms with van der Waals surface area (Å²) in [6.45, 7) is 2.07. The summed E-state index contributed by atoms with van der Waals surface area (Å²) in [6, 6.07) is 7.57. The second-order valence-electron chi connectivity index (χ2n) is 4.33. The third kappa shape index (κ3) is 4.75. The first-order valence-corrected chi connectivity index (χ1v) is 6.16. The second kappa shape index (κ2) is 7.30. The smallest absolute Gasteiger partial charge is 0.119 e. The van der Waals surface area contributed by atoms with Crippen molar-refractivity contribution in [3.05, 3.63) is 29.8 Å². The van der Waals surface area contributed by atoms with Crippen molar-refractivity contribution >= 4 is 0 Å². The summed E-state index contributed by atoms with van der Waals surface area (Å²) in [7, 11) is 1.62. The molecule has 0 aliphatic rings. The van der Waals surface area contributed by atoms with Gasteiger partial charge in [0.1, 0.15) is 5.75 Å². The van der Waals surface area contributed by atoms with E-state index in [-0.39, 0.29) is 0 Å². The van der Waals surface area contributed by atoms with Gasteiger partial charge < -0.3 is 14.9 Å². The molecule has 96 valence electrons. The summed E-state index contributed by atoms with van der Waals surface area (Å²) >= 11 is 0. The first kappa shape index (κ1) is 14.0. The van der Waals surface area contributed by atoms with E-state index in [1.54, 1.807) is 7.11 Å². The number of aliphatic hydroxyl groups excluding tert-OH is 2. The Balaban J connectivity index is 2.51. The van der Waals surface area contributed by atoms with Crippen molar-refractivity contribution in [1.82, 2.24) is 0 Å². The van der Waals surface area contributed by atoms with Crippen molar-refractivity contribution in [1.29, 1.82) is 0 Å². The highest BCUT2D eigenvalue weighted by molar-refractivity contribution is 5.28. The summed E-state index contributed by atoms with van der Waals surface area (Å²) < 4.78 is 5.12. The number of ether oxygens (including phenoxy) is 1. The molecule has 0 heterocycles. The Morgan fingerprint density at radius 2 is 2.00 bits per heavy atom. The molecule has 0 amide bonds. The van der Waals surface area contributed by atoms with Gasteiger partial charge in [0.2, 0.25) is 0 Å². The van der Waals surface area contributed by atoms with Crippen LogP contribution in [-0.4, -0.2) is 29.5 Å². The predicted molar refractivity (Wildman–Crippen MR) is 68.2 cm³/mol. The zero-order valence-electron chi connectivity index (χ0n) is 10.6. The van der Waals surface area contributed by atoms with Crippen LogP contribution in [-0.2, 0) is 6.42 Å². The lowest BCUT2D eigenvalue weighted by atomic mass is 10.0. The predicted octanol–water partition coefficient (Wildman–Crippen LogP) is 2.15. The molecular formula is C14H22O3. The summed E-state index contributed by atoms with van der Waals surface area (Å²) in [4.78, 5) is 0. The molecule has 2 N–H and O–H groups in total. The van der Waals surface area contributed by atoms with Crippen molar-refractivity contribution in [2.24, 2.45) is 0 Å². The molecule has 0 aliphatic heterocycles. The monoisotopic (exact) mass is 238 g/mol. The van der Waals surface area contributed by atoms with Crippen LogP contribution in [0.3, 0.4) is 0 Å². The Morgan fingerprint density at radius 1 is 1.24 bits per heavy atom. The Kier molecular flexibility index (Phi) is 6.01. The van der Waals surface area contributed by atoms with Crippen LogP contribution in [0, 0.1) is 0 Å². The molecule has 3 nitrogen and oxygen atoms in total. The zero-order valence-corrected chi connectivity index (χ0v) is 10.6. The van der Waals surface area contributed by atoms with Crippen LogP contribution in [0.15, 0.2) is 24.3 Å². The summed E-state index contributed by atoms with van der Waals surface area (Å²) in [5, 5.41) is 19.6. The topological polar surface area (TPSA) is 49.7 Å². The molecule has 0 saturated carbocycles. The highest BCUT2D eigenvalue weighted by Crippen LogP contribution is 2.16. The van der Waals surface area contributed by atoms with E-state index in [0.717, 1.165) is 24.2 Å². The van der Waals surface area contributed by atoms with Gasteiger partial charge in [0.15, 0.2) is 0 Å². The summed E-state index contributed by atoms with van der Waals surface area (Å²) in [5.41, 5.74) is 0.979. The van der Waals surface area contributed by atoms with Gasteiger partial charge >= 0.3 is 0 Å². The van der Waals surface area contributed by atoms with Gasteiger partial charge in [0, 0.05) is 6.42 Å². The van der Waals surface area contributed by atoms with E-state index in [0.29, 0.717) is 12.8 Å². The third-order valence-corrected chi connectivity index (χ3v) is 2.88. The Labute approximate surface area is 103 Å². The molecule has 0 fully saturated rings. The van der Waals surface area contributed by atoms with Crippen molar-refractivity contribution < 1.29 is 14.9 Å². The number of hydrogen-bond acceptors (Lipinski definition) is 3. The maximum Gasteiger partial charge on any atom is 0.119 e. The highest BCUT2D eigenvalue weighted by atomic mass is 16.5. The van der Waals surface area contributed by atoms with Gasteiger partial charge in [-0.25, -0.2) is 0 Å². The fraction of sp³-hybridized carbons (Fsp3) is 0.571.